The van der Waals surface area contributed by atoms with E-state index in [-0.39, 0.29) is 5.60 Å². The van der Waals surface area contributed by atoms with Crippen LogP contribution in [0.1, 0.15) is 18.5 Å². The minimum absolute atomic E-state index is 0.382. The SMILES string of the molecule is c1cnc2c(c1)OC1(CCOCC1)c1ncncc1-2. The van der Waals surface area contributed by atoms with Gasteiger partial charge in [-0.15, -0.1) is 0 Å². The standard InChI is InChI=1S/C14H13N3O2/c1-2-11-12(16-5-1)10-8-15-9-17-13(10)14(19-11)3-6-18-7-4-14/h1-2,5,8-9H,3-4,6-7H2. The molecule has 1 spiro atoms. The van der Waals surface area contributed by atoms with Gasteiger partial charge in [-0.1, -0.05) is 0 Å². The second kappa shape index (κ2) is 3.99. The molecule has 0 unspecified atom stereocenters. The summed E-state index contributed by atoms with van der Waals surface area (Å²) in [5.74, 6) is 0.812. The molecule has 5 heteroatoms. The Labute approximate surface area is 110 Å². The minimum atomic E-state index is -0.382. The van der Waals surface area contributed by atoms with Crippen molar-refractivity contribution in [2.24, 2.45) is 0 Å². The van der Waals surface area contributed by atoms with Crippen molar-refractivity contribution in [3.05, 3.63) is 36.5 Å². The summed E-state index contributed by atoms with van der Waals surface area (Å²) in [7, 11) is 0. The predicted octanol–water partition coefficient (Wildman–Crippen LogP) is 1.94. The van der Waals surface area contributed by atoms with Crippen LogP contribution in [0.25, 0.3) is 11.3 Å². The maximum atomic E-state index is 6.25. The molecule has 0 atom stereocenters. The van der Waals surface area contributed by atoms with Gasteiger partial charge in [0.25, 0.3) is 0 Å². The minimum Gasteiger partial charge on any atom is -0.478 e. The molecule has 5 nitrogen and oxygen atoms in total. The highest BCUT2D eigenvalue weighted by Gasteiger charge is 2.44. The van der Waals surface area contributed by atoms with Crippen molar-refractivity contribution in [1.29, 1.82) is 0 Å². The van der Waals surface area contributed by atoms with Crippen molar-refractivity contribution in [3.63, 3.8) is 0 Å². The molecule has 0 aliphatic carbocycles. The molecule has 0 N–H and O–H groups in total. The van der Waals surface area contributed by atoms with E-state index in [9.17, 15) is 0 Å². The smallest absolute Gasteiger partial charge is 0.156 e. The first-order chi connectivity index (χ1) is 9.39. The lowest BCUT2D eigenvalue weighted by Crippen LogP contribution is -2.42. The third-order valence-corrected chi connectivity index (χ3v) is 3.78. The largest absolute Gasteiger partial charge is 0.478 e. The molecule has 2 aliphatic heterocycles. The van der Waals surface area contributed by atoms with Crippen molar-refractivity contribution in [2.45, 2.75) is 18.4 Å². The van der Waals surface area contributed by atoms with E-state index in [1.807, 2.05) is 18.3 Å². The van der Waals surface area contributed by atoms with Crippen LogP contribution in [-0.4, -0.2) is 28.2 Å². The van der Waals surface area contributed by atoms with Crippen LogP contribution in [0.3, 0.4) is 0 Å². The van der Waals surface area contributed by atoms with Crippen molar-refractivity contribution >= 4 is 0 Å². The summed E-state index contributed by atoms with van der Waals surface area (Å²) in [4.78, 5) is 13.0. The van der Waals surface area contributed by atoms with Gasteiger partial charge in [-0.05, 0) is 12.1 Å². The van der Waals surface area contributed by atoms with Crippen LogP contribution in [-0.2, 0) is 10.3 Å². The molecule has 2 aromatic heterocycles. The van der Waals surface area contributed by atoms with Crippen LogP contribution >= 0.6 is 0 Å². The zero-order valence-corrected chi connectivity index (χ0v) is 10.4. The first-order valence-corrected chi connectivity index (χ1v) is 6.42. The Morgan fingerprint density at radius 1 is 1.16 bits per heavy atom. The Kier molecular flexibility index (Phi) is 2.29. The molecule has 19 heavy (non-hydrogen) atoms. The Bertz CT molecular complexity index is 624. The molecule has 1 saturated heterocycles. The van der Waals surface area contributed by atoms with Crippen molar-refractivity contribution in [3.8, 4) is 17.0 Å². The lowest BCUT2D eigenvalue weighted by Gasteiger charge is -2.40. The lowest BCUT2D eigenvalue weighted by molar-refractivity contribution is -0.0543. The van der Waals surface area contributed by atoms with E-state index in [2.05, 4.69) is 15.0 Å². The number of nitrogens with zero attached hydrogens (tertiary/aromatic N) is 3. The third kappa shape index (κ3) is 1.55. The summed E-state index contributed by atoms with van der Waals surface area (Å²) in [6.07, 6.45) is 6.79. The number of ether oxygens (including phenoxy) is 2. The molecule has 2 aromatic rings. The molecule has 96 valence electrons. The fourth-order valence-electron chi connectivity index (χ4n) is 2.84. The van der Waals surface area contributed by atoms with Gasteiger partial charge in [0.05, 0.1) is 18.9 Å². The highest BCUT2D eigenvalue weighted by Crippen LogP contribution is 2.46. The lowest BCUT2D eigenvalue weighted by atomic mass is 9.84. The molecule has 0 bridgehead atoms. The van der Waals surface area contributed by atoms with Gasteiger partial charge in [-0.25, -0.2) is 9.97 Å². The molecule has 0 saturated carbocycles. The number of fused-ring (bicyclic) bond motifs is 4. The van der Waals surface area contributed by atoms with Crippen molar-refractivity contribution in [2.75, 3.05) is 13.2 Å². The summed E-state index contributed by atoms with van der Waals surface area (Å²) < 4.78 is 11.7. The molecule has 0 aromatic carbocycles. The highest BCUT2D eigenvalue weighted by molar-refractivity contribution is 5.70. The van der Waals surface area contributed by atoms with E-state index in [4.69, 9.17) is 9.47 Å². The number of hydrogen-bond acceptors (Lipinski definition) is 5. The Hall–Kier alpha value is -2.01. The average Bonchev–Trinajstić information content (AvgIpc) is 2.49. The van der Waals surface area contributed by atoms with Gasteiger partial charge < -0.3 is 9.47 Å². The Morgan fingerprint density at radius 2 is 2.05 bits per heavy atom. The molecule has 1 fully saturated rings. The molecule has 0 radical (unpaired) electrons. The maximum Gasteiger partial charge on any atom is 0.156 e. The van der Waals surface area contributed by atoms with Gasteiger partial charge in [-0.3, -0.25) is 4.98 Å². The normalized spacial score (nSPS) is 19.4. The first kappa shape index (κ1) is 10.9. The predicted molar refractivity (Wildman–Crippen MR) is 67.6 cm³/mol. The maximum absolute atomic E-state index is 6.25. The number of hydrogen-bond donors (Lipinski definition) is 0. The van der Waals surface area contributed by atoms with Gasteiger partial charge in [0.1, 0.15) is 17.8 Å². The first-order valence-electron chi connectivity index (χ1n) is 6.42. The molecule has 2 aliphatic rings. The summed E-state index contributed by atoms with van der Waals surface area (Å²) in [6, 6.07) is 3.84. The number of rotatable bonds is 0. The van der Waals surface area contributed by atoms with Crippen LogP contribution in [0, 0.1) is 0 Å². The van der Waals surface area contributed by atoms with Crippen LogP contribution in [0.2, 0.25) is 0 Å². The van der Waals surface area contributed by atoms with Crippen LogP contribution < -0.4 is 4.74 Å². The van der Waals surface area contributed by atoms with E-state index in [1.54, 1.807) is 12.5 Å². The fourth-order valence-corrected chi connectivity index (χ4v) is 2.84. The number of aromatic nitrogens is 3. The van der Waals surface area contributed by atoms with E-state index >= 15 is 0 Å². The zero-order valence-electron chi connectivity index (χ0n) is 10.4. The summed E-state index contributed by atoms with van der Waals surface area (Å²) in [5, 5.41) is 0. The van der Waals surface area contributed by atoms with Crippen LogP contribution in [0.4, 0.5) is 0 Å². The van der Waals surface area contributed by atoms with Gasteiger partial charge in [0.15, 0.2) is 5.60 Å². The fraction of sp³-hybridized carbons (Fsp3) is 0.357. The Balaban J connectivity index is 1.95. The number of pyridine rings is 1. The van der Waals surface area contributed by atoms with E-state index in [0.29, 0.717) is 13.2 Å². The van der Waals surface area contributed by atoms with Gasteiger partial charge in [-0.2, -0.15) is 0 Å². The van der Waals surface area contributed by atoms with Crippen LogP contribution in [0.15, 0.2) is 30.9 Å². The van der Waals surface area contributed by atoms with Gasteiger partial charge >= 0.3 is 0 Å². The Morgan fingerprint density at radius 3 is 2.95 bits per heavy atom. The molecule has 4 heterocycles. The summed E-state index contributed by atoms with van der Waals surface area (Å²) in [6.45, 7) is 1.39. The van der Waals surface area contributed by atoms with Crippen molar-refractivity contribution in [1.82, 2.24) is 15.0 Å². The van der Waals surface area contributed by atoms with E-state index in [1.165, 1.54) is 0 Å². The topological polar surface area (TPSA) is 57.1 Å². The van der Waals surface area contributed by atoms with E-state index < -0.39 is 0 Å². The quantitative estimate of drug-likeness (QED) is 0.720. The van der Waals surface area contributed by atoms with Crippen molar-refractivity contribution < 1.29 is 9.47 Å². The molecule has 0 amide bonds. The van der Waals surface area contributed by atoms with E-state index in [0.717, 1.165) is 35.5 Å². The second-order valence-corrected chi connectivity index (χ2v) is 4.84. The zero-order chi connectivity index (χ0) is 12.7. The summed E-state index contributed by atoms with van der Waals surface area (Å²) >= 11 is 0. The molecular weight excluding hydrogens is 242 g/mol. The monoisotopic (exact) mass is 255 g/mol. The second-order valence-electron chi connectivity index (χ2n) is 4.84. The molecular formula is C14H13N3O2. The van der Waals surface area contributed by atoms with Gasteiger partial charge in [0.2, 0.25) is 0 Å². The third-order valence-electron chi connectivity index (χ3n) is 3.78. The van der Waals surface area contributed by atoms with Gasteiger partial charge in [0, 0.05) is 30.8 Å². The van der Waals surface area contributed by atoms with Crippen LogP contribution in [0.5, 0.6) is 5.75 Å². The molecule has 4 rings (SSSR count). The average molecular weight is 255 g/mol. The highest BCUT2D eigenvalue weighted by atomic mass is 16.5. The summed E-state index contributed by atoms with van der Waals surface area (Å²) in [5.41, 5.74) is 2.37.